The predicted octanol–water partition coefficient (Wildman–Crippen LogP) is 6.12. The van der Waals surface area contributed by atoms with Gasteiger partial charge in [0.25, 0.3) is 5.91 Å². The van der Waals surface area contributed by atoms with E-state index in [4.69, 9.17) is 16.3 Å². The van der Waals surface area contributed by atoms with Crippen LogP contribution in [0.1, 0.15) is 56.2 Å². The summed E-state index contributed by atoms with van der Waals surface area (Å²) in [4.78, 5) is 30.6. The maximum Gasteiger partial charge on any atom is 0.255 e. The summed E-state index contributed by atoms with van der Waals surface area (Å²) in [5.41, 5.74) is 2.09. The number of nitrogens with zero attached hydrogens (tertiary/aromatic N) is 3. The Bertz CT molecular complexity index is 1210. The number of benzene rings is 2. The van der Waals surface area contributed by atoms with Crippen molar-refractivity contribution in [3.05, 3.63) is 88.7 Å². The van der Waals surface area contributed by atoms with E-state index in [-0.39, 0.29) is 24.3 Å². The first-order valence-corrected chi connectivity index (χ1v) is 13.0. The van der Waals surface area contributed by atoms with Gasteiger partial charge in [0.05, 0.1) is 24.2 Å². The maximum absolute atomic E-state index is 13.8. The highest BCUT2D eigenvalue weighted by molar-refractivity contribution is 6.33. The number of hydrogen-bond acceptors (Lipinski definition) is 3. The fourth-order valence-electron chi connectivity index (χ4n) is 4.29. The van der Waals surface area contributed by atoms with E-state index in [9.17, 15) is 9.59 Å². The summed E-state index contributed by atoms with van der Waals surface area (Å²) in [5.74, 6) is 0.666. The van der Waals surface area contributed by atoms with Crippen LogP contribution >= 0.6 is 11.6 Å². The van der Waals surface area contributed by atoms with Crippen LogP contribution in [0.15, 0.2) is 66.9 Å². The van der Waals surface area contributed by atoms with Crippen molar-refractivity contribution < 1.29 is 14.3 Å². The van der Waals surface area contributed by atoms with Gasteiger partial charge in [-0.1, -0.05) is 49.7 Å². The van der Waals surface area contributed by atoms with Crippen molar-refractivity contribution in [1.29, 1.82) is 0 Å². The molecule has 1 heterocycles. The molecule has 7 heteroatoms. The van der Waals surface area contributed by atoms with E-state index in [2.05, 4.69) is 10.6 Å². The molecule has 0 atom stereocenters. The van der Waals surface area contributed by atoms with Crippen molar-refractivity contribution in [2.24, 2.45) is 5.92 Å². The van der Waals surface area contributed by atoms with Crippen LogP contribution in [0, 0.1) is 5.92 Å². The average molecular weight is 524 g/mol. The Hall–Kier alpha value is -3.25. The van der Waals surface area contributed by atoms with Gasteiger partial charge in [0.15, 0.2) is 0 Å². The van der Waals surface area contributed by atoms with Crippen LogP contribution < -0.4 is 4.74 Å². The Balaban J connectivity index is 1.83. The van der Waals surface area contributed by atoms with Gasteiger partial charge in [-0.05, 0) is 68.7 Å². The van der Waals surface area contributed by atoms with Crippen LogP contribution in [-0.2, 0) is 17.9 Å². The second kappa shape index (κ2) is 12.3. The zero-order valence-corrected chi connectivity index (χ0v) is 23.5. The SMILES string of the molecule is COc1cccc(Cn2cccc2CN(C(=O)CN(CC(C)C)C(=O)c2ccccc2Cl)C(C)(C)C)c1. The molecule has 0 spiro atoms. The zero-order chi connectivity index (χ0) is 27.2. The molecular weight excluding hydrogens is 486 g/mol. The average Bonchev–Trinajstić information content (AvgIpc) is 3.27. The smallest absolute Gasteiger partial charge is 0.255 e. The lowest BCUT2D eigenvalue weighted by Crippen LogP contribution is -2.51. The van der Waals surface area contributed by atoms with Gasteiger partial charge >= 0.3 is 0 Å². The number of hydrogen-bond donors (Lipinski definition) is 0. The lowest BCUT2D eigenvalue weighted by Gasteiger charge is -2.38. The molecule has 2 aromatic carbocycles. The van der Waals surface area contributed by atoms with E-state index >= 15 is 0 Å². The minimum atomic E-state index is -0.445. The molecule has 0 fully saturated rings. The highest BCUT2D eigenvalue weighted by atomic mass is 35.5. The molecule has 0 unspecified atom stereocenters. The molecule has 37 heavy (non-hydrogen) atoms. The summed E-state index contributed by atoms with van der Waals surface area (Å²) < 4.78 is 7.51. The van der Waals surface area contributed by atoms with E-state index in [1.807, 2.05) is 76.0 Å². The Morgan fingerprint density at radius 3 is 2.41 bits per heavy atom. The summed E-state index contributed by atoms with van der Waals surface area (Å²) in [7, 11) is 1.66. The molecule has 6 nitrogen and oxygen atoms in total. The van der Waals surface area contributed by atoms with Gasteiger partial charge in [-0.2, -0.15) is 0 Å². The third-order valence-electron chi connectivity index (χ3n) is 6.14. The number of amides is 2. The van der Waals surface area contributed by atoms with Crippen LogP contribution in [0.25, 0.3) is 0 Å². The van der Waals surface area contributed by atoms with Gasteiger partial charge < -0.3 is 19.1 Å². The number of carbonyl (C=O) groups is 2. The fourth-order valence-corrected chi connectivity index (χ4v) is 4.51. The highest BCUT2D eigenvalue weighted by Gasteiger charge is 2.30. The Labute approximate surface area is 225 Å². The van der Waals surface area contributed by atoms with Crippen molar-refractivity contribution in [3.63, 3.8) is 0 Å². The molecule has 1 aromatic heterocycles. The van der Waals surface area contributed by atoms with Gasteiger partial charge in [-0.25, -0.2) is 0 Å². The number of aromatic nitrogens is 1. The molecule has 0 aliphatic heterocycles. The first-order valence-electron chi connectivity index (χ1n) is 12.6. The lowest BCUT2D eigenvalue weighted by atomic mass is 10.0. The van der Waals surface area contributed by atoms with E-state index in [0.717, 1.165) is 17.0 Å². The largest absolute Gasteiger partial charge is 0.497 e. The molecule has 0 aliphatic carbocycles. The molecule has 0 N–H and O–H groups in total. The first-order chi connectivity index (χ1) is 17.5. The number of halogens is 1. The summed E-state index contributed by atoms with van der Waals surface area (Å²) in [5, 5.41) is 0.386. The van der Waals surface area contributed by atoms with Crippen LogP contribution in [-0.4, -0.2) is 51.9 Å². The molecule has 0 saturated heterocycles. The van der Waals surface area contributed by atoms with Crippen LogP contribution in [0.2, 0.25) is 5.02 Å². The minimum Gasteiger partial charge on any atom is -0.497 e. The molecule has 198 valence electrons. The number of carbonyl (C=O) groups excluding carboxylic acids is 2. The molecule has 3 aromatic rings. The van der Waals surface area contributed by atoms with E-state index in [1.165, 1.54) is 0 Å². The van der Waals surface area contributed by atoms with Crippen LogP contribution in [0.3, 0.4) is 0 Å². The van der Waals surface area contributed by atoms with Gasteiger partial charge in [0.1, 0.15) is 12.3 Å². The zero-order valence-electron chi connectivity index (χ0n) is 22.7. The minimum absolute atomic E-state index is 0.0178. The summed E-state index contributed by atoms with van der Waals surface area (Å²) >= 11 is 6.32. The first kappa shape index (κ1) is 28.3. The molecule has 0 radical (unpaired) electrons. The molecular formula is C30H38ClN3O3. The molecule has 2 amide bonds. The van der Waals surface area contributed by atoms with Gasteiger partial charge in [0.2, 0.25) is 5.91 Å². The van der Waals surface area contributed by atoms with E-state index in [1.54, 1.807) is 36.3 Å². The topological polar surface area (TPSA) is 54.8 Å². The summed E-state index contributed by atoms with van der Waals surface area (Å²) in [6.07, 6.45) is 2.02. The molecule has 3 rings (SSSR count). The molecule has 0 saturated carbocycles. The van der Waals surface area contributed by atoms with Crippen molar-refractivity contribution >= 4 is 23.4 Å². The van der Waals surface area contributed by atoms with Crippen LogP contribution in [0.5, 0.6) is 5.75 Å². The molecule has 0 aliphatic rings. The van der Waals surface area contributed by atoms with Crippen molar-refractivity contribution in [2.45, 2.75) is 53.2 Å². The van der Waals surface area contributed by atoms with E-state index in [0.29, 0.717) is 30.2 Å². The quantitative estimate of drug-likeness (QED) is 0.321. The monoisotopic (exact) mass is 523 g/mol. The van der Waals surface area contributed by atoms with E-state index < -0.39 is 5.54 Å². The second-order valence-electron chi connectivity index (χ2n) is 10.7. The van der Waals surface area contributed by atoms with Gasteiger partial charge in [-0.15, -0.1) is 0 Å². The number of rotatable bonds is 10. The molecule has 0 bridgehead atoms. The summed E-state index contributed by atoms with van der Waals surface area (Å²) in [6, 6.07) is 19.0. The lowest BCUT2D eigenvalue weighted by molar-refractivity contribution is -0.137. The third kappa shape index (κ3) is 7.62. The standard InChI is InChI=1S/C30H38ClN3O3/c1-22(2)18-33(29(36)26-14-7-8-15-27(26)31)21-28(35)34(30(3,4)5)20-24-12-10-16-32(24)19-23-11-9-13-25(17-23)37-6/h7-17,22H,18-21H2,1-6H3. The number of methoxy groups -OCH3 is 1. The Morgan fingerprint density at radius 1 is 1.03 bits per heavy atom. The van der Waals surface area contributed by atoms with Crippen LogP contribution in [0.4, 0.5) is 0 Å². The maximum atomic E-state index is 13.8. The Morgan fingerprint density at radius 2 is 1.76 bits per heavy atom. The predicted molar refractivity (Wildman–Crippen MR) is 149 cm³/mol. The Kier molecular flexibility index (Phi) is 9.44. The fraction of sp³-hybridized carbons (Fsp3) is 0.400. The van der Waals surface area contributed by atoms with Crippen molar-refractivity contribution in [3.8, 4) is 5.75 Å². The van der Waals surface area contributed by atoms with Crippen molar-refractivity contribution in [2.75, 3.05) is 20.2 Å². The van der Waals surface area contributed by atoms with Crippen molar-refractivity contribution in [1.82, 2.24) is 14.4 Å². The van der Waals surface area contributed by atoms with Gasteiger partial charge in [-0.3, -0.25) is 9.59 Å². The number of ether oxygens (including phenoxy) is 1. The second-order valence-corrected chi connectivity index (χ2v) is 11.1. The third-order valence-corrected chi connectivity index (χ3v) is 6.47. The normalized spacial score (nSPS) is 11.5. The van der Waals surface area contributed by atoms with Gasteiger partial charge in [0, 0.05) is 30.5 Å². The highest BCUT2D eigenvalue weighted by Crippen LogP contribution is 2.22. The summed E-state index contributed by atoms with van der Waals surface area (Å²) in [6.45, 7) is 11.6.